The van der Waals surface area contributed by atoms with E-state index in [1.165, 1.54) is 11.3 Å². The lowest BCUT2D eigenvalue weighted by atomic mass is 9.96. The van der Waals surface area contributed by atoms with E-state index < -0.39 is 29.9 Å². The van der Waals surface area contributed by atoms with E-state index >= 15 is 0 Å². The van der Waals surface area contributed by atoms with Gasteiger partial charge in [-0.1, -0.05) is 51.1 Å². The van der Waals surface area contributed by atoms with Gasteiger partial charge in [-0.05, 0) is 25.0 Å². The molecule has 2 heterocycles. The van der Waals surface area contributed by atoms with Gasteiger partial charge in [-0.2, -0.15) is 0 Å². The van der Waals surface area contributed by atoms with Crippen molar-refractivity contribution in [1.82, 2.24) is 14.9 Å². The molecule has 2 N–H and O–H groups in total. The Bertz CT molecular complexity index is 1190. The Labute approximate surface area is 203 Å². The van der Waals surface area contributed by atoms with Crippen molar-refractivity contribution in [2.24, 2.45) is 12.5 Å². The third kappa shape index (κ3) is 5.72. The van der Waals surface area contributed by atoms with Crippen LogP contribution in [0.2, 0.25) is 0 Å². The number of aryl methyl sites for hydroxylation is 2. The quantitative estimate of drug-likeness (QED) is 0.493. The van der Waals surface area contributed by atoms with Crippen LogP contribution in [0.15, 0.2) is 42.7 Å². The maximum atomic E-state index is 12.9. The van der Waals surface area contributed by atoms with Gasteiger partial charge in [0.15, 0.2) is 6.61 Å². The van der Waals surface area contributed by atoms with Gasteiger partial charge in [-0.15, -0.1) is 11.3 Å². The van der Waals surface area contributed by atoms with E-state index in [1.807, 2.05) is 48.9 Å². The summed E-state index contributed by atoms with van der Waals surface area (Å²) in [6, 6.07) is 8.95. The van der Waals surface area contributed by atoms with Gasteiger partial charge in [-0.25, -0.2) is 9.78 Å². The van der Waals surface area contributed by atoms with Crippen molar-refractivity contribution in [3.63, 3.8) is 0 Å². The number of aromatic nitrogens is 2. The summed E-state index contributed by atoms with van der Waals surface area (Å²) in [6.45, 7) is 8.58. The molecule has 0 unspecified atom stereocenters. The maximum Gasteiger partial charge on any atom is 0.341 e. The molecule has 3 rings (SSSR count). The van der Waals surface area contributed by atoms with Crippen LogP contribution in [0.5, 0.6) is 0 Å². The number of nitrogens with zero attached hydrogens (tertiary/aromatic N) is 2. The lowest BCUT2D eigenvalue weighted by molar-refractivity contribution is -0.125. The van der Waals surface area contributed by atoms with Gasteiger partial charge < -0.3 is 19.9 Å². The number of hydrogen-bond donors (Lipinski definition) is 2. The summed E-state index contributed by atoms with van der Waals surface area (Å²) in [7, 11) is 1.85. The first-order chi connectivity index (χ1) is 16.0. The molecule has 3 aromatic rings. The second-order valence-corrected chi connectivity index (χ2v) is 10.3. The topological polar surface area (TPSA) is 102 Å². The first-order valence-electron chi connectivity index (χ1n) is 10.9. The number of thiophene rings is 1. The van der Waals surface area contributed by atoms with Crippen LogP contribution in [0.25, 0.3) is 0 Å². The molecule has 0 fully saturated rings. The Morgan fingerprint density at radius 1 is 1.15 bits per heavy atom. The molecule has 0 aliphatic heterocycles. The Balaban J connectivity index is 1.73. The van der Waals surface area contributed by atoms with Gasteiger partial charge in [0.05, 0.1) is 5.56 Å². The lowest BCUT2D eigenvalue weighted by Crippen LogP contribution is -2.34. The van der Waals surface area contributed by atoms with Crippen molar-refractivity contribution in [2.45, 2.75) is 40.7 Å². The molecule has 0 radical (unpaired) electrons. The van der Waals surface area contributed by atoms with Crippen LogP contribution in [0.3, 0.4) is 0 Å². The van der Waals surface area contributed by atoms with Crippen molar-refractivity contribution in [3.8, 4) is 0 Å². The Morgan fingerprint density at radius 3 is 2.41 bits per heavy atom. The zero-order valence-electron chi connectivity index (χ0n) is 20.3. The smallest absolute Gasteiger partial charge is 0.341 e. The van der Waals surface area contributed by atoms with E-state index in [-0.39, 0.29) is 11.5 Å². The molecular weight excluding hydrogens is 452 g/mol. The normalized spacial score (nSPS) is 12.2. The molecule has 0 bridgehead atoms. The summed E-state index contributed by atoms with van der Waals surface area (Å²) in [4.78, 5) is 43.4. The van der Waals surface area contributed by atoms with Crippen LogP contribution in [-0.4, -0.2) is 33.9 Å². The predicted octanol–water partition coefficient (Wildman–Crippen LogP) is 4.15. The zero-order chi connectivity index (χ0) is 25.0. The number of rotatable bonds is 7. The van der Waals surface area contributed by atoms with E-state index in [0.29, 0.717) is 10.8 Å². The Morgan fingerprint density at radius 2 is 1.82 bits per heavy atom. The predicted molar refractivity (Wildman–Crippen MR) is 132 cm³/mol. The van der Waals surface area contributed by atoms with E-state index in [1.54, 1.807) is 40.1 Å². The molecule has 8 nitrogen and oxygen atoms in total. The molecule has 0 aliphatic rings. The molecule has 0 saturated carbocycles. The number of ether oxygens (including phenoxy) is 1. The van der Waals surface area contributed by atoms with Crippen LogP contribution >= 0.6 is 11.3 Å². The summed E-state index contributed by atoms with van der Waals surface area (Å²) in [6.07, 6.45) is 3.46. The van der Waals surface area contributed by atoms with E-state index in [2.05, 4.69) is 15.6 Å². The summed E-state index contributed by atoms with van der Waals surface area (Å²) in [5.41, 5.74) is 1.23. The SMILES string of the molecule is Cc1sc(NC(=O)C(C)(C)C)c(C(=O)OCC(=O)N[C@@H](c2ccccc2)c2nccn2C)c1C. The number of benzene rings is 1. The molecule has 2 aromatic heterocycles. The number of carbonyl (C=O) groups excluding carboxylic acids is 3. The molecule has 0 spiro atoms. The monoisotopic (exact) mass is 482 g/mol. The molecule has 0 saturated heterocycles. The summed E-state index contributed by atoms with van der Waals surface area (Å²) in [5, 5.41) is 6.16. The van der Waals surface area contributed by atoms with Crippen LogP contribution < -0.4 is 10.6 Å². The standard InChI is InChI=1S/C25H30N4O4S/c1-15-16(2)34-22(28-24(32)25(3,4)5)19(15)23(31)33-14-18(30)27-20(17-10-8-7-9-11-17)21-26-12-13-29(21)6/h7-13,20H,14H2,1-6H3,(H,27,30)(H,28,32)/t20-/m0/s1. The largest absolute Gasteiger partial charge is 0.452 e. The third-order valence-electron chi connectivity index (χ3n) is 5.39. The average Bonchev–Trinajstić information content (AvgIpc) is 3.32. The molecule has 9 heteroatoms. The molecule has 180 valence electrons. The lowest BCUT2D eigenvalue weighted by Gasteiger charge is -2.19. The fourth-order valence-corrected chi connectivity index (χ4v) is 4.30. The van der Waals surface area contributed by atoms with Gasteiger partial charge in [-0.3, -0.25) is 9.59 Å². The zero-order valence-corrected chi connectivity index (χ0v) is 21.1. The highest BCUT2D eigenvalue weighted by molar-refractivity contribution is 7.16. The first-order valence-corrected chi connectivity index (χ1v) is 11.7. The highest BCUT2D eigenvalue weighted by atomic mass is 32.1. The van der Waals surface area contributed by atoms with Crippen molar-refractivity contribution in [1.29, 1.82) is 0 Å². The molecule has 1 aromatic carbocycles. The third-order valence-corrected chi connectivity index (χ3v) is 6.51. The average molecular weight is 483 g/mol. The minimum atomic E-state index is -0.658. The molecule has 34 heavy (non-hydrogen) atoms. The number of amides is 2. The van der Waals surface area contributed by atoms with Gasteiger partial charge >= 0.3 is 5.97 Å². The van der Waals surface area contributed by atoms with Crippen LogP contribution in [0.4, 0.5) is 5.00 Å². The van der Waals surface area contributed by atoms with Crippen LogP contribution in [-0.2, 0) is 21.4 Å². The van der Waals surface area contributed by atoms with Gasteiger partial charge in [0.25, 0.3) is 5.91 Å². The van der Waals surface area contributed by atoms with Crippen LogP contribution in [0, 0.1) is 19.3 Å². The number of hydrogen-bond acceptors (Lipinski definition) is 6. The van der Waals surface area contributed by atoms with Crippen molar-refractivity contribution >= 4 is 34.1 Å². The van der Waals surface area contributed by atoms with Crippen molar-refractivity contribution in [2.75, 3.05) is 11.9 Å². The van der Waals surface area contributed by atoms with Crippen molar-refractivity contribution < 1.29 is 19.1 Å². The van der Waals surface area contributed by atoms with E-state index in [9.17, 15) is 14.4 Å². The number of nitrogens with one attached hydrogen (secondary N) is 2. The molecule has 0 aliphatic carbocycles. The fourth-order valence-electron chi connectivity index (χ4n) is 3.26. The molecule has 2 amide bonds. The number of carbonyl (C=O) groups is 3. The fraction of sp³-hybridized carbons (Fsp3) is 0.360. The molecular formula is C25H30N4O4S. The maximum absolute atomic E-state index is 12.9. The summed E-state index contributed by atoms with van der Waals surface area (Å²) in [5.74, 6) is -0.673. The minimum Gasteiger partial charge on any atom is -0.452 e. The highest BCUT2D eigenvalue weighted by Gasteiger charge is 2.28. The Hall–Kier alpha value is -3.46. The van der Waals surface area contributed by atoms with Gasteiger partial charge in [0.1, 0.15) is 16.9 Å². The second kappa shape index (κ2) is 10.2. The van der Waals surface area contributed by atoms with E-state index in [0.717, 1.165) is 16.0 Å². The second-order valence-electron chi connectivity index (χ2n) is 9.08. The Kier molecular flexibility index (Phi) is 7.56. The highest BCUT2D eigenvalue weighted by Crippen LogP contribution is 2.34. The minimum absolute atomic E-state index is 0.207. The van der Waals surface area contributed by atoms with Crippen molar-refractivity contribution in [3.05, 3.63) is 70.1 Å². The first kappa shape index (κ1) is 25.2. The van der Waals surface area contributed by atoms with E-state index in [4.69, 9.17) is 4.74 Å². The van der Waals surface area contributed by atoms with Crippen LogP contribution in [0.1, 0.15) is 59.0 Å². The number of anilines is 1. The molecule has 1 atom stereocenters. The van der Waals surface area contributed by atoms with Gasteiger partial charge in [0.2, 0.25) is 5.91 Å². The number of imidazole rings is 1. The summed E-state index contributed by atoms with van der Waals surface area (Å²) >= 11 is 1.31. The summed E-state index contributed by atoms with van der Waals surface area (Å²) < 4.78 is 7.18. The number of esters is 1. The van der Waals surface area contributed by atoms with Gasteiger partial charge in [0, 0.05) is 29.7 Å².